The molecule has 0 amide bonds. The molecule has 0 spiro atoms. The Kier molecular flexibility index (Phi) is 5.50. The minimum absolute atomic E-state index is 0.273. The number of methoxy groups -OCH3 is 1. The Hall–Kier alpha value is -2.18. The van der Waals surface area contributed by atoms with Crippen molar-refractivity contribution >= 4 is 0 Å². The number of aliphatic hydroxyl groups is 1. The van der Waals surface area contributed by atoms with Gasteiger partial charge in [-0.1, -0.05) is 17.7 Å². The summed E-state index contributed by atoms with van der Waals surface area (Å²) in [6.45, 7) is 6.42. The van der Waals surface area contributed by atoms with Gasteiger partial charge in [0.25, 0.3) is 0 Å². The number of β-amino-alcohol motifs (C(OH)–C–C–N with tert-alkyl or cyclic N) is 1. The van der Waals surface area contributed by atoms with Gasteiger partial charge in [-0.3, -0.25) is 4.90 Å². The molecule has 1 aliphatic heterocycles. The second kappa shape index (κ2) is 7.80. The van der Waals surface area contributed by atoms with E-state index in [1.54, 1.807) is 13.4 Å². The minimum Gasteiger partial charge on any atom is -0.491 e. The molecule has 0 fully saturated rings. The molecule has 0 radical (unpaired) electrons. The lowest BCUT2D eigenvalue weighted by Crippen LogP contribution is -2.39. The van der Waals surface area contributed by atoms with Gasteiger partial charge in [-0.15, -0.1) is 0 Å². The molecule has 6 nitrogen and oxygen atoms in total. The fourth-order valence-corrected chi connectivity index (χ4v) is 3.20. The number of aliphatic hydroxyl groups excluding tert-OH is 1. The number of fused-ring (bicyclic) bond motifs is 1. The maximum absolute atomic E-state index is 10.4. The second-order valence-corrected chi connectivity index (χ2v) is 6.53. The summed E-state index contributed by atoms with van der Waals surface area (Å²) in [5.41, 5.74) is 4.33. The van der Waals surface area contributed by atoms with Crippen molar-refractivity contribution in [3.05, 3.63) is 46.9 Å². The molecule has 2 heterocycles. The Morgan fingerprint density at radius 2 is 2.12 bits per heavy atom. The van der Waals surface area contributed by atoms with E-state index >= 15 is 0 Å². The molecule has 1 aliphatic rings. The second-order valence-electron chi connectivity index (χ2n) is 6.53. The number of hydrogen-bond acceptors (Lipinski definition) is 6. The number of aromatic nitrogens is 2. The lowest BCUT2D eigenvalue weighted by molar-refractivity contribution is 0.0628. The third-order valence-corrected chi connectivity index (χ3v) is 4.47. The highest BCUT2D eigenvalue weighted by molar-refractivity contribution is 5.35. The molecule has 0 saturated heterocycles. The summed E-state index contributed by atoms with van der Waals surface area (Å²) >= 11 is 0. The fourth-order valence-electron chi connectivity index (χ4n) is 3.20. The zero-order valence-electron chi connectivity index (χ0n) is 15.0. The average Bonchev–Trinajstić information content (AvgIpc) is 2.60. The number of aryl methyl sites for hydroxylation is 2. The van der Waals surface area contributed by atoms with Crippen molar-refractivity contribution in [1.82, 2.24) is 14.9 Å². The first-order valence-corrected chi connectivity index (χ1v) is 8.54. The molecule has 6 heteroatoms. The van der Waals surface area contributed by atoms with E-state index in [-0.39, 0.29) is 6.61 Å². The maximum Gasteiger partial charge on any atom is 0.220 e. The van der Waals surface area contributed by atoms with Gasteiger partial charge in [0.05, 0.1) is 12.8 Å². The normalized spacial score (nSPS) is 15.5. The van der Waals surface area contributed by atoms with Gasteiger partial charge in [0.15, 0.2) is 0 Å². The third-order valence-electron chi connectivity index (χ3n) is 4.47. The molecule has 1 aromatic carbocycles. The van der Waals surface area contributed by atoms with Crippen LogP contribution in [0.4, 0.5) is 0 Å². The molecule has 0 unspecified atom stereocenters. The Balaban J connectivity index is 1.56. The molecule has 3 rings (SSSR count). The largest absolute Gasteiger partial charge is 0.491 e. The molecule has 0 saturated carbocycles. The molecule has 25 heavy (non-hydrogen) atoms. The molecule has 0 bridgehead atoms. The van der Waals surface area contributed by atoms with Crippen LogP contribution in [-0.4, -0.2) is 52.9 Å². The van der Waals surface area contributed by atoms with Crippen molar-refractivity contribution in [3.8, 4) is 11.6 Å². The molecular weight excluding hydrogens is 318 g/mol. The predicted molar refractivity (Wildman–Crippen MR) is 95.0 cm³/mol. The highest BCUT2D eigenvalue weighted by atomic mass is 16.5. The molecule has 2 aromatic rings. The Morgan fingerprint density at radius 1 is 1.28 bits per heavy atom. The van der Waals surface area contributed by atoms with E-state index in [0.29, 0.717) is 19.0 Å². The van der Waals surface area contributed by atoms with E-state index in [4.69, 9.17) is 9.47 Å². The van der Waals surface area contributed by atoms with Crippen molar-refractivity contribution in [1.29, 1.82) is 0 Å². The van der Waals surface area contributed by atoms with E-state index in [9.17, 15) is 5.11 Å². The summed E-state index contributed by atoms with van der Waals surface area (Å²) in [4.78, 5) is 10.7. The summed E-state index contributed by atoms with van der Waals surface area (Å²) in [5, 5.41) is 10.4. The highest BCUT2D eigenvalue weighted by Crippen LogP contribution is 2.24. The van der Waals surface area contributed by atoms with E-state index in [1.165, 1.54) is 5.56 Å². The minimum atomic E-state index is -0.558. The van der Waals surface area contributed by atoms with Crippen LogP contribution in [0, 0.1) is 13.8 Å². The van der Waals surface area contributed by atoms with Crippen molar-refractivity contribution < 1.29 is 14.6 Å². The molecule has 1 aromatic heterocycles. The molecule has 1 atom stereocenters. The van der Waals surface area contributed by atoms with Gasteiger partial charge in [0.1, 0.15) is 24.8 Å². The number of ether oxygens (including phenoxy) is 2. The van der Waals surface area contributed by atoms with Crippen molar-refractivity contribution in [2.24, 2.45) is 0 Å². The topological polar surface area (TPSA) is 67.7 Å². The zero-order chi connectivity index (χ0) is 17.8. The first kappa shape index (κ1) is 17.6. The Labute approximate surface area is 148 Å². The number of hydrogen-bond donors (Lipinski definition) is 1. The first-order valence-electron chi connectivity index (χ1n) is 8.54. The van der Waals surface area contributed by atoms with Crippen LogP contribution in [-0.2, 0) is 13.0 Å². The lowest BCUT2D eigenvalue weighted by Gasteiger charge is -2.30. The lowest BCUT2D eigenvalue weighted by atomic mass is 10.1. The Morgan fingerprint density at radius 3 is 2.88 bits per heavy atom. The fraction of sp³-hybridized carbons (Fsp3) is 0.474. The van der Waals surface area contributed by atoms with Gasteiger partial charge in [0, 0.05) is 31.6 Å². The van der Waals surface area contributed by atoms with Crippen LogP contribution < -0.4 is 9.47 Å². The predicted octanol–water partition coefficient (Wildman–Crippen LogP) is 1.90. The van der Waals surface area contributed by atoms with Gasteiger partial charge in [0.2, 0.25) is 5.88 Å². The van der Waals surface area contributed by atoms with E-state index in [1.807, 2.05) is 19.1 Å². The highest BCUT2D eigenvalue weighted by Gasteiger charge is 2.23. The van der Waals surface area contributed by atoms with Crippen LogP contribution in [0.3, 0.4) is 0 Å². The summed E-state index contributed by atoms with van der Waals surface area (Å²) in [6.07, 6.45) is 1.82. The van der Waals surface area contributed by atoms with Crippen LogP contribution in [0.15, 0.2) is 24.5 Å². The number of rotatable bonds is 6. The van der Waals surface area contributed by atoms with Gasteiger partial charge < -0.3 is 14.6 Å². The van der Waals surface area contributed by atoms with Crippen molar-refractivity contribution in [2.75, 3.05) is 26.8 Å². The summed E-state index contributed by atoms with van der Waals surface area (Å²) < 4.78 is 11.1. The van der Waals surface area contributed by atoms with Crippen molar-refractivity contribution in [2.45, 2.75) is 32.9 Å². The quantitative estimate of drug-likeness (QED) is 0.864. The molecular formula is C19H25N3O3. The standard InChI is InChI=1S/C19H25N3O3/c1-13-4-5-18(14(2)8-13)25-11-15(23)9-22-7-6-17-16(10-22)19(24-3)21-12-20-17/h4-5,8,12,15,23H,6-7,9-11H2,1-3H3/t15-/m1/s1. The molecule has 134 valence electrons. The summed E-state index contributed by atoms with van der Waals surface area (Å²) in [5.74, 6) is 1.44. The SMILES string of the molecule is COc1ncnc2c1CN(C[C@@H](O)COc1ccc(C)cc1C)CC2. The number of nitrogens with zero attached hydrogens (tertiary/aromatic N) is 3. The Bertz CT molecular complexity index is 722. The van der Waals surface area contributed by atoms with Crippen LogP contribution in [0.2, 0.25) is 0 Å². The van der Waals surface area contributed by atoms with Gasteiger partial charge in [-0.2, -0.15) is 0 Å². The molecule has 1 N–H and O–H groups in total. The van der Waals surface area contributed by atoms with Gasteiger partial charge in [-0.05, 0) is 25.5 Å². The van der Waals surface area contributed by atoms with Crippen LogP contribution in [0.1, 0.15) is 22.4 Å². The van der Waals surface area contributed by atoms with Crippen LogP contribution in [0.25, 0.3) is 0 Å². The summed E-state index contributed by atoms with van der Waals surface area (Å²) in [7, 11) is 1.62. The van der Waals surface area contributed by atoms with E-state index < -0.39 is 6.10 Å². The third kappa shape index (κ3) is 4.27. The van der Waals surface area contributed by atoms with Gasteiger partial charge in [-0.25, -0.2) is 9.97 Å². The molecule has 0 aliphatic carbocycles. The van der Waals surface area contributed by atoms with Gasteiger partial charge >= 0.3 is 0 Å². The summed E-state index contributed by atoms with van der Waals surface area (Å²) in [6, 6.07) is 6.05. The first-order chi connectivity index (χ1) is 12.1. The monoisotopic (exact) mass is 343 g/mol. The van der Waals surface area contributed by atoms with Crippen molar-refractivity contribution in [3.63, 3.8) is 0 Å². The van der Waals surface area contributed by atoms with Crippen LogP contribution >= 0.6 is 0 Å². The zero-order valence-corrected chi connectivity index (χ0v) is 15.0. The van der Waals surface area contributed by atoms with E-state index in [2.05, 4.69) is 27.9 Å². The smallest absolute Gasteiger partial charge is 0.220 e. The number of benzene rings is 1. The average molecular weight is 343 g/mol. The van der Waals surface area contributed by atoms with Crippen LogP contribution in [0.5, 0.6) is 11.6 Å². The maximum atomic E-state index is 10.4. The van der Waals surface area contributed by atoms with E-state index in [0.717, 1.165) is 35.5 Å².